The van der Waals surface area contributed by atoms with Crippen molar-refractivity contribution in [2.75, 3.05) is 4.90 Å². The molecule has 6 nitrogen and oxygen atoms in total. The average molecular weight is 277 g/mol. The summed E-state index contributed by atoms with van der Waals surface area (Å²) in [4.78, 5) is 20.1. The van der Waals surface area contributed by atoms with Crippen LogP contribution in [0.2, 0.25) is 5.15 Å². The lowest BCUT2D eigenvalue weighted by Crippen LogP contribution is -2.18. The van der Waals surface area contributed by atoms with Crippen LogP contribution in [0.1, 0.15) is 11.1 Å². The van der Waals surface area contributed by atoms with Crippen LogP contribution in [0.5, 0.6) is 0 Å². The van der Waals surface area contributed by atoms with Gasteiger partial charge in [-0.3, -0.25) is 10.1 Å². The SMILES string of the molecule is O=[N+]([O-])c1c(Cl)ncnc1N1Cc2ccccc2C1. The van der Waals surface area contributed by atoms with E-state index in [4.69, 9.17) is 11.6 Å². The van der Waals surface area contributed by atoms with Crippen LogP contribution in [-0.4, -0.2) is 14.9 Å². The van der Waals surface area contributed by atoms with Crippen molar-refractivity contribution in [2.24, 2.45) is 0 Å². The zero-order chi connectivity index (χ0) is 13.4. The Balaban J connectivity index is 2.02. The first-order valence-electron chi connectivity index (χ1n) is 5.63. The number of aromatic nitrogens is 2. The summed E-state index contributed by atoms with van der Waals surface area (Å²) < 4.78 is 0. The second-order valence-corrected chi connectivity index (χ2v) is 4.58. The molecule has 0 bridgehead atoms. The normalized spacial score (nSPS) is 13.4. The summed E-state index contributed by atoms with van der Waals surface area (Å²) >= 11 is 5.79. The van der Waals surface area contributed by atoms with Crippen LogP contribution < -0.4 is 4.90 Å². The molecule has 2 heterocycles. The van der Waals surface area contributed by atoms with Gasteiger partial charge in [-0.2, -0.15) is 0 Å². The standard InChI is InChI=1S/C12H9ClN4O2/c13-11-10(17(18)19)12(15-7-14-11)16-5-8-3-1-2-4-9(8)6-16/h1-4,7H,5-6H2. The van der Waals surface area contributed by atoms with Gasteiger partial charge in [0.2, 0.25) is 11.0 Å². The molecule has 19 heavy (non-hydrogen) atoms. The van der Waals surface area contributed by atoms with Gasteiger partial charge in [0.1, 0.15) is 6.33 Å². The Bertz CT molecular complexity index is 637. The lowest BCUT2D eigenvalue weighted by molar-refractivity contribution is -0.384. The van der Waals surface area contributed by atoms with Crippen molar-refractivity contribution in [2.45, 2.75) is 13.1 Å². The minimum atomic E-state index is -0.541. The van der Waals surface area contributed by atoms with E-state index in [0.717, 1.165) is 11.1 Å². The first kappa shape index (κ1) is 11.9. The van der Waals surface area contributed by atoms with Gasteiger partial charge in [-0.15, -0.1) is 0 Å². The molecular formula is C12H9ClN4O2. The molecule has 0 radical (unpaired) electrons. The Morgan fingerprint density at radius 3 is 2.42 bits per heavy atom. The fourth-order valence-corrected chi connectivity index (χ4v) is 2.42. The molecule has 0 saturated heterocycles. The van der Waals surface area contributed by atoms with E-state index in [0.29, 0.717) is 13.1 Å². The third kappa shape index (κ3) is 2.00. The highest BCUT2D eigenvalue weighted by atomic mass is 35.5. The maximum atomic E-state index is 11.1. The third-order valence-corrected chi connectivity index (χ3v) is 3.36. The molecule has 1 aromatic heterocycles. The Kier molecular flexibility index (Phi) is 2.79. The molecule has 0 amide bonds. The van der Waals surface area contributed by atoms with Crippen LogP contribution in [0, 0.1) is 10.1 Å². The summed E-state index contributed by atoms with van der Waals surface area (Å²) in [6.07, 6.45) is 1.24. The Hall–Kier alpha value is -2.21. The number of anilines is 1. The number of halogens is 1. The molecule has 0 saturated carbocycles. The highest BCUT2D eigenvalue weighted by molar-refractivity contribution is 6.31. The molecule has 0 N–H and O–H groups in total. The number of fused-ring (bicyclic) bond motifs is 1. The van der Waals surface area contributed by atoms with Crippen LogP contribution >= 0.6 is 11.6 Å². The lowest BCUT2D eigenvalue weighted by Gasteiger charge is -2.15. The Morgan fingerprint density at radius 2 is 1.84 bits per heavy atom. The van der Waals surface area contributed by atoms with Gasteiger partial charge in [-0.1, -0.05) is 35.9 Å². The quantitative estimate of drug-likeness (QED) is 0.479. The van der Waals surface area contributed by atoms with Crippen LogP contribution in [0.3, 0.4) is 0 Å². The van der Waals surface area contributed by atoms with Gasteiger partial charge in [0.05, 0.1) is 4.92 Å². The van der Waals surface area contributed by atoms with Crippen LogP contribution in [-0.2, 0) is 13.1 Å². The van der Waals surface area contributed by atoms with Gasteiger partial charge in [-0.25, -0.2) is 9.97 Å². The number of rotatable bonds is 2. The predicted molar refractivity (Wildman–Crippen MR) is 70.0 cm³/mol. The molecule has 1 aliphatic rings. The predicted octanol–water partition coefficient (Wildman–Crippen LogP) is 2.56. The summed E-state index contributed by atoms with van der Waals surface area (Å²) in [5.41, 5.74) is 2.05. The molecule has 0 spiro atoms. The van der Waals surface area contributed by atoms with E-state index in [9.17, 15) is 10.1 Å². The third-order valence-electron chi connectivity index (χ3n) is 3.08. The molecule has 96 valence electrons. The lowest BCUT2D eigenvalue weighted by atomic mass is 10.1. The van der Waals surface area contributed by atoms with E-state index in [1.807, 2.05) is 29.2 Å². The van der Waals surface area contributed by atoms with E-state index < -0.39 is 4.92 Å². The second kappa shape index (κ2) is 4.47. The van der Waals surface area contributed by atoms with E-state index in [2.05, 4.69) is 9.97 Å². The van der Waals surface area contributed by atoms with E-state index in [-0.39, 0.29) is 16.7 Å². The number of benzene rings is 1. The summed E-state index contributed by atoms with van der Waals surface area (Å²) in [6.45, 7) is 1.18. The van der Waals surface area contributed by atoms with Crippen LogP contribution in [0.4, 0.5) is 11.5 Å². The molecule has 1 aromatic carbocycles. The highest BCUT2D eigenvalue weighted by Gasteiger charge is 2.29. The van der Waals surface area contributed by atoms with Gasteiger partial charge in [-0.05, 0) is 11.1 Å². The van der Waals surface area contributed by atoms with Gasteiger partial charge in [0.15, 0.2) is 0 Å². The highest BCUT2D eigenvalue weighted by Crippen LogP contribution is 2.35. The zero-order valence-corrected chi connectivity index (χ0v) is 10.5. The Labute approximate surface area is 113 Å². The van der Waals surface area contributed by atoms with Crippen molar-refractivity contribution in [3.05, 3.63) is 57.0 Å². The van der Waals surface area contributed by atoms with Crippen molar-refractivity contribution in [3.63, 3.8) is 0 Å². The van der Waals surface area contributed by atoms with E-state index in [1.165, 1.54) is 6.33 Å². The monoisotopic (exact) mass is 276 g/mol. The maximum Gasteiger partial charge on any atom is 0.348 e. The fourth-order valence-electron chi connectivity index (χ4n) is 2.22. The number of hydrogen-bond acceptors (Lipinski definition) is 5. The Morgan fingerprint density at radius 1 is 1.21 bits per heavy atom. The van der Waals surface area contributed by atoms with Crippen molar-refractivity contribution < 1.29 is 4.92 Å². The van der Waals surface area contributed by atoms with Crippen molar-refractivity contribution in [1.82, 2.24) is 9.97 Å². The summed E-state index contributed by atoms with van der Waals surface area (Å²) in [5.74, 6) is 0.265. The van der Waals surface area contributed by atoms with Crippen molar-refractivity contribution >= 4 is 23.1 Å². The molecule has 0 unspecified atom stereocenters. The van der Waals surface area contributed by atoms with Crippen LogP contribution in [0.25, 0.3) is 0 Å². The summed E-state index contributed by atoms with van der Waals surface area (Å²) in [5, 5.41) is 11.0. The minimum Gasteiger partial charge on any atom is -0.342 e. The first-order valence-corrected chi connectivity index (χ1v) is 6.01. The zero-order valence-electron chi connectivity index (χ0n) is 9.78. The topological polar surface area (TPSA) is 72.2 Å². The van der Waals surface area contributed by atoms with Crippen molar-refractivity contribution in [3.8, 4) is 0 Å². The molecular weight excluding hydrogens is 268 g/mol. The minimum absolute atomic E-state index is 0.133. The first-order chi connectivity index (χ1) is 9.16. The molecule has 0 aliphatic carbocycles. The van der Waals surface area contributed by atoms with Gasteiger partial charge < -0.3 is 4.90 Å². The molecule has 0 atom stereocenters. The molecule has 2 aromatic rings. The van der Waals surface area contributed by atoms with E-state index >= 15 is 0 Å². The second-order valence-electron chi connectivity index (χ2n) is 4.22. The fraction of sp³-hybridized carbons (Fsp3) is 0.167. The number of nitro groups is 1. The van der Waals surface area contributed by atoms with Crippen molar-refractivity contribution in [1.29, 1.82) is 0 Å². The molecule has 7 heteroatoms. The largest absolute Gasteiger partial charge is 0.348 e. The van der Waals surface area contributed by atoms with Gasteiger partial charge in [0.25, 0.3) is 0 Å². The van der Waals surface area contributed by atoms with Gasteiger partial charge in [0, 0.05) is 13.1 Å². The van der Waals surface area contributed by atoms with E-state index in [1.54, 1.807) is 0 Å². The molecule has 3 rings (SSSR count). The molecule has 0 fully saturated rings. The van der Waals surface area contributed by atoms with Gasteiger partial charge >= 0.3 is 5.69 Å². The number of nitrogens with zero attached hydrogens (tertiary/aromatic N) is 4. The summed E-state index contributed by atoms with van der Waals surface area (Å²) in [6, 6.07) is 7.90. The smallest absolute Gasteiger partial charge is 0.342 e. The number of hydrogen-bond donors (Lipinski definition) is 0. The average Bonchev–Trinajstić information content (AvgIpc) is 2.81. The summed E-state index contributed by atoms with van der Waals surface area (Å²) in [7, 11) is 0. The molecule has 1 aliphatic heterocycles. The maximum absolute atomic E-state index is 11.1. The van der Waals surface area contributed by atoms with Crippen LogP contribution in [0.15, 0.2) is 30.6 Å².